The number of amides is 1. The lowest BCUT2D eigenvalue weighted by atomic mass is 9.95. The van der Waals surface area contributed by atoms with Crippen molar-refractivity contribution in [2.24, 2.45) is 11.7 Å². The fourth-order valence-electron chi connectivity index (χ4n) is 3.75. The molecule has 7 nitrogen and oxygen atoms in total. The van der Waals surface area contributed by atoms with Gasteiger partial charge in [0.15, 0.2) is 0 Å². The Labute approximate surface area is 134 Å². The maximum atomic E-state index is 12.4. The van der Waals surface area contributed by atoms with E-state index in [0.717, 1.165) is 25.7 Å². The maximum Gasteiger partial charge on any atom is 0.330 e. The van der Waals surface area contributed by atoms with Gasteiger partial charge < -0.3 is 10.6 Å². The molecule has 0 unspecified atom stereocenters. The summed E-state index contributed by atoms with van der Waals surface area (Å²) in [7, 11) is 0. The number of piperidine rings is 1. The van der Waals surface area contributed by atoms with E-state index in [2.05, 4.69) is 4.98 Å². The van der Waals surface area contributed by atoms with Crippen molar-refractivity contribution in [2.75, 3.05) is 18.0 Å². The van der Waals surface area contributed by atoms with Gasteiger partial charge in [0.05, 0.1) is 0 Å². The van der Waals surface area contributed by atoms with Gasteiger partial charge in [0.2, 0.25) is 5.91 Å². The second-order valence-electron chi connectivity index (χ2n) is 6.62. The number of hydrogen-bond acceptors (Lipinski definition) is 4. The van der Waals surface area contributed by atoms with Crippen LogP contribution in [-0.4, -0.2) is 28.5 Å². The Morgan fingerprint density at radius 1 is 1.09 bits per heavy atom. The average molecular weight is 320 g/mol. The second-order valence-corrected chi connectivity index (χ2v) is 6.62. The molecule has 0 aromatic carbocycles. The Bertz CT molecular complexity index is 648. The quantitative estimate of drug-likeness (QED) is 0.858. The van der Waals surface area contributed by atoms with Gasteiger partial charge >= 0.3 is 5.69 Å². The molecule has 0 bridgehead atoms. The maximum absolute atomic E-state index is 12.4. The number of carbonyl (C=O) groups excluding carboxylic acids is 1. The number of aromatic amines is 1. The topological polar surface area (TPSA) is 101 Å². The summed E-state index contributed by atoms with van der Waals surface area (Å²) in [5, 5.41) is 0. The highest BCUT2D eigenvalue weighted by atomic mass is 16.2. The molecule has 1 aromatic rings. The van der Waals surface area contributed by atoms with Gasteiger partial charge in [-0.15, -0.1) is 0 Å². The van der Waals surface area contributed by atoms with Crippen LogP contribution in [0.3, 0.4) is 0 Å². The third kappa shape index (κ3) is 3.33. The van der Waals surface area contributed by atoms with Gasteiger partial charge in [-0.25, -0.2) is 4.79 Å². The van der Waals surface area contributed by atoms with Crippen molar-refractivity contribution in [1.29, 1.82) is 0 Å². The SMILES string of the molecule is NC(=O)C1CCN(c2cc(=O)n(C3CCCCC3)c(=O)[nH]2)CC1. The number of rotatable bonds is 3. The van der Waals surface area contributed by atoms with Crippen LogP contribution in [0.2, 0.25) is 0 Å². The number of hydrogen-bond donors (Lipinski definition) is 2. The molecule has 0 spiro atoms. The third-order valence-corrected chi connectivity index (χ3v) is 5.13. The van der Waals surface area contributed by atoms with E-state index in [1.165, 1.54) is 17.1 Å². The smallest absolute Gasteiger partial charge is 0.330 e. The van der Waals surface area contributed by atoms with Crippen LogP contribution in [0.1, 0.15) is 51.0 Å². The zero-order valence-electron chi connectivity index (χ0n) is 13.3. The molecule has 1 amide bonds. The van der Waals surface area contributed by atoms with Crippen molar-refractivity contribution in [3.8, 4) is 0 Å². The van der Waals surface area contributed by atoms with Crippen molar-refractivity contribution in [3.05, 3.63) is 26.9 Å². The van der Waals surface area contributed by atoms with Gasteiger partial charge in [-0.2, -0.15) is 0 Å². The summed E-state index contributed by atoms with van der Waals surface area (Å²) in [6.07, 6.45) is 6.42. The Morgan fingerprint density at radius 2 is 1.74 bits per heavy atom. The van der Waals surface area contributed by atoms with Crippen molar-refractivity contribution in [2.45, 2.75) is 51.0 Å². The molecule has 1 aromatic heterocycles. The minimum atomic E-state index is -0.323. The molecule has 3 rings (SSSR count). The van der Waals surface area contributed by atoms with Gasteiger partial charge in [-0.1, -0.05) is 19.3 Å². The van der Waals surface area contributed by atoms with E-state index in [9.17, 15) is 14.4 Å². The monoisotopic (exact) mass is 320 g/mol. The van der Waals surface area contributed by atoms with Crippen molar-refractivity contribution >= 4 is 11.7 Å². The molecule has 126 valence electrons. The molecule has 2 fully saturated rings. The van der Waals surface area contributed by atoms with Crippen LogP contribution in [0.4, 0.5) is 5.82 Å². The summed E-state index contributed by atoms with van der Waals surface area (Å²) in [6.45, 7) is 1.24. The van der Waals surface area contributed by atoms with Gasteiger partial charge in [-0.05, 0) is 25.7 Å². The van der Waals surface area contributed by atoms with Gasteiger partial charge in [0.1, 0.15) is 5.82 Å². The number of carbonyl (C=O) groups is 1. The molecular formula is C16H24N4O3. The van der Waals surface area contributed by atoms with E-state index >= 15 is 0 Å². The molecule has 23 heavy (non-hydrogen) atoms. The first kappa shape index (κ1) is 15.8. The largest absolute Gasteiger partial charge is 0.369 e. The molecule has 0 atom stereocenters. The molecule has 7 heteroatoms. The Kier molecular flexibility index (Phi) is 4.54. The molecule has 1 saturated heterocycles. The number of H-pyrrole nitrogens is 1. The molecule has 1 saturated carbocycles. The van der Waals surface area contributed by atoms with Crippen molar-refractivity contribution in [3.63, 3.8) is 0 Å². The lowest BCUT2D eigenvalue weighted by molar-refractivity contribution is -0.122. The summed E-state index contributed by atoms with van der Waals surface area (Å²) in [6, 6.07) is 1.54. The molecule has 2 heterocycles. The van der Waals surface area contributed by atoms with Crippen LogP contribution in [-0.2, 0) is 4.79 Å². The first-order valence-corrected chi connectivity index (χ1v) is 8.46. The highest BCUT2D eigenvalue weighted by Crippen LogP contribution is 2.26. The summed E-state index contributed by atoms with van der Waals surface area (Å²) in [4.78, 5) is 40.8. The number of anilines is 1. The normalized spacial score (nSPS) is 20.6. The third-order valence-electron chi connectivity index (χ3n) is 5.13. The molecule has 1 aliphatic heterocycles. The molecule has 2 aliphatic rings. The van der Waals surface area contributed by atoms with E-state index < -0.39 is 0 Å². The Hall–Kier alpha value is -2.05. The first-order chi connectivity index (χ1) is 11.1. The van der Waals surface area contributed by atoms with Crippen LogP contribution in [0.5, 0.6) is 0 Å². The zero-order valence-corrected chi connectivity index (χ0v) is 13.3. The van der Waals surface area contributed by atoms with E-state index in [1.807, 2.05) is 4.90 Å². The lowest BCUT2D eigenvalue weighted by Gasteiger charge is -2.32. The first-order valence-electron chi connectivity index (χ1n) is 8.46. The van der Waals surface area contributed by atoms with E-state index in [1.54, 1.807) is 0 Å². The fourth-order valence-corrected chi connectivity index (χ4v) is 3.75. The number of nitrogens with two attached hydrogens (primary N) is 1. The van der Waals surface area contributed by atoms with Gasteiger partial charge in [0.25, 0.3) is 5.56 Å². The second kappa shape index (κ2) is 6.60. The zero-order chi connectivity index (χ0) is 16.4. The molecule has 1 aliphatic carbocycles. The van der Waals surface area contributed by atoms with E-state index in [4.69, 9.17) is 5.73 Å². The van der Waals surface area contributed by atoms with Gasteiger partial charge in [0, 0.05) is 31.1 Å². The van der Waals surface area contributed by atoms with Crippen molar-refractivity contribution in [1.82, 2.24) is 9.55 Å². The summed E-state index contributed by atoms with van der Waals surface area (Å²) >= 11 is 0. The molecule has 0 radical (unpaired) electrons. The predicted molar refractivity (Wildman–Crippen MR) is 87.6 cm³/mol. The minimum absolute atomic E-state index is 0.0228. The van der Waals surface area contributed by atoms with Gasteiger partial charge in [-0.3, -0.25) is 19.1 Å². The summed E-state index contributed by atoms with van der Waals surface area (Å²) in [5.74, 6) is 0.168. The summed E-state index contributed by atoms with van der Waals surface area (Å²) < 4.78 is 1.37. The molecule has 3 N–H and O–H groups in total. The van der Waals surface area contributed by atoms with Crippen LogP contribution in [0.15, 0.2) is 15.7 Å². The Balaban J connectivity index is 1.79. The highest BCUT2D eigenvalue weighted by molar-refractivity contribution is 5.76. The van der Waals surface area contributed by atoms with Crippen molar-refractivity contribution < 1.29 is 4.79 Å². The lowest BCUT2D eigenvalue weighted by Crippen LogP contribution is -2.43. The number of aromatic nitrogens is 2. The highest BCUT2D eigenvalue weighted by Gasteiger charge is 2.25. The minimum Gasteiger partial charge on any atom is -0.369 e. The molecular weight excluding hydrogens is 296 g/mol. The Morgan fingerprint density at radius 3 is 2.30 bits per heavy atom. The number of nitrogens with zero attached hydrogens (tertiary/aromatic N) is 2. The van der Waals surface area contributed by atoms with Crippen LogP contribution < -0.4 is 21.9 Å². The van der Waals surface area contributed by atoms with E-state index in [-0.39, 0.29) is 29.1 Å². The van der Waals surface area contributed by atoms with Crippen LogP contribution in [0, 0.1) is 5.92 Å². The summed E-state index contributed by atoms with van der Waals surface area (Å²) in [5.41, 5.74) is 4.78. The van der Waals surface area contributed by atoms with Crippen LogP contribution >= 0.6 is 0 Å². The average Bonchev–Trinajstić information content (AvgIpc) is 2.55. The standard InChI is InChI=1S/C16H24N4O3/c17-15(22)11-6-8-19(9-7-11)13-10-14(21)20(16(23)18-13)12-4-2-1-3-5-12/h10-12H,1-9H2,(H2,17,22)(H,18,23). The van der Waals surface area contributed by atoms with E-state index in [0.29, 0.717) is 31.7 Å². The number of primary amides is 1. The fraction of sp³-hybridized carbons (Fsp3) is 0.688. The number of nitrogens with one attached hydrogen (secondary N) is 1. The van der Waals surface area contributed by atoms with Crippen LogP contribution in [0.25, 0.3) is 0 Å². The predicted octanol–water partition coefficient (Wildman–Crippen LogP) is 0.743.